The number of benzene rings is 1. The van der Waals surface area contributed by atoms with E-state index in [1.165, 1.54) is 7.11 Å². The summed E-state index contributed by atoms with van der Waals surface area (Å²) in [6, 6.07) is 6.74. The summed E-state index contributed by atoms with van der Waals surface area (Å²) in [5.74, 6) is 0.647. The fourth-order valence-electron chi connectivity index (χ4n) is 2.54. The number of ether oxygens (including phenoxy) is 3. The number of methoxy groups -OCH3 is 1. The zero-order valence-corrected chi connectivity index (χ0v) is 13.5. The molecule has 7 atom stereocenters. The molecule has 8 heteroatoms. The average molecular weight is 344 g/mol. The minimum absolute atomic E-state index is 0.541. The molecule has 1 aliphatic rings. The van der Waals surface area contributed by atoms with Gasteiger partial charge in [0.15, 0.2) is 6.29 Å². The summed E-state index contributed by atoms with van der Waals surface area (Å²) in [6.45, 7) is 1.04. The molecule has 136 valence electrons. The van der Waals surface area contributed by atoms with Crippen LogP contribution in [0.4, 0.5) is 0 Å². The number of rotatable bonds is 6. The summed E-state index contributed by atoms with van der Waals surface area (Å²) in [5.41, 5.74) is 0.577. The number of hydrogen-bond donors (Lipinski definition) is 5. The van der Waals surface area contributed by atoms with Crippen molar-refractivity contribution in [3.05, 3.63) is 29.8 Å². The largest absolute Gasteiger partial charge is 0.497 e. The zero-order valence-electron chi connectivity index (χ0n) is 13.5. The first-order chi connectivity index (χ1) is 11.4. The van der Waals surface area contributed by atoms with Crippen LogP contribution in [0.25, 0.3) is 0 Å². The van der Waals surface area contributed by atoms with Crippen LogP contribution in [0.15, 0.2) is 24.3 Å². The molecule has 0 unspecified atom stereocenters. The van der Waals surface area contributed by atoms with Gasteiger partial charge in [0.25, 0.3) is 0 Å². The lowest BCUT2D eigenvalue weighted by Gasteiger charge is -2.41. The van der Waals surface area contributed by atoms with Crippen molar-refractivity contribution in [2.75, 3.05) is 13.7 Å². The maximum atomic E-state index is 10.3. The average Bonchev–Trinajstić information content (AvgIpc) is 2.61. The summed E-state index contributed by atoms with van der Waals surface area (Å²) in [6.07, 6.45) is -8.61. The Morgan fingerprint density at radius 3 is 2.25 bits per heavy atom. The quantitative estimate of drug-likeness (QED) is 0.441. The van der Waals surface area contributed by atoms with Gasteiger partial charge in [-0.2, -0.15) is 0 Å². The minimum Gasteiger partial charge on any atom is -0.497 e. The van der Waals surface area contributed by atoms with Crippen LogP contribution in [0.1, 0.15) is 18.6 Å². The second kappa shape index (κ2) is 8.21. The highest BCUT2D eigenvalue weighted by molar-refractivity contribution is 5.28. The zero-order chi connectivity index (χ0) is 17.9. The van der Waals surface area contributed by atoms with E-state index in [0.717, 1.165) is 0 Å². The predicted molar refractivity (Wildman–Crippen MR) is 82.3 cm³/mol. The lowest BCUT2D eigenvalue weighted by molar-refractivity contribution is -0.315. The van der Waals surface area contributed by atoms with Crippen molar-refractivity contribution in [1.29, 1.82) is 0 Å². The van der Waals surface area contributed by atoms with Gasteiger partial charge in [-0.15, -0.1) is 0 Å². The summed E-state index contributed by atoms with van der Waals surface area (Å²) in [4.78, 5) is 0. The van der Waals surface area contributed by atoms with Crippen molar-refractivity contribution in [1.82, 2.24) is 0 Å². The Hall–Kier alpha value is -1.26. The minimum atomic E-state index is -1.52. The smallest absolute Gasteiger partial charge is 0.187 e. The van der Waals surface area contributed by atoms with Gasteiger partial charge in [0, 0.05) is 0 Å². The summed E-state index contributed by atoms with van der Waals surface area (Å²) >= 11 is 0. The van der Waals surface area contributed by atoms with Crippen LogP contribution >= 0.6 is 0 Å². The predicted octanol–water partition coefficient (Wildman–Crippen LogP) is -1.07. The molecular formula is C16H24O8. The molecule has 0 aliphatic carbocycles. The molecule has 1 aromatic carbocycles. The Morgan fingerprint density at radius 2 is 1.71 bits per heavy atom. The lowest BCUT2D eigenvalue weighted by Crippen LogP contribution is -2.59. The van der Waals surface area contributed by atoms with Crippen molar-refractivity contribution in [3.8, 4) is 5.75 Å². The van der Waals surface area contributed by atoms with Crippen LogP contribution in [-0.4, -0.2) is 76.1 Å². The van der Waals surface area contributed by atoms with E-state index in [2.05, 4.69) is 0 Å². The molecule has 0 aromatic heterocycles. The van der Waals surface area contributed by atoms with E-state index in [1.807, 2.05) is 0 Å². The van der Waals surface area contributed by atoms with Gasteiger partial charge in [0.2, 0.25) is 0 Å². The first-order valence-electron chi connectivity index (χ1n) is 7.67. The van der Waals surface area contributed by atoms with Gasteiger partial charge in [-0.25, -0.2) is 0 Å². The highest BCUT2D eigenvalue weighted by Crippen LogP contribution is 2.27. The third kappa shape index (κ3) is 4.04. The van der Waals surface area contributed by atoms with E-state index in [0.29, 0.717) is 11.3 Å². The van der Waals surface area contributed by atoms with Crippen LogP contribution in [0.2, 0.25) is 0 Å². The molecule has 1 saturated heterocycles. The van der Waals surface area contributed by atoms with Gasteiger partial charge < -0.3 is 39.7 Å². The molecule has 5 N–H and O–H groups in total. The van der Waals surface area contributed by atoms with Crippen molar-refractivity contribution >= 4 is 0 Å². The van der Waals surface area contributed by atoms with E-state index in [4.69, 9.17) is 19.3 Å². The summed E-state index contributed by atoms with van der Waals surface area (Å²) in [7, 11) is 1.54. The van der Waals surface area contributed by atoms with E-state index in [-0.39, 0.29) is 0 Å². The second-order valence-corrected chi connectivity index (χ2v) is 5.76. The van der Waals surface area contributed by atoms with E-state index >= 15 is 0 Å². The summed E-state index contributed by atoms with van der Waals surface area (Å²) in [5, 5.41) is 48.9. The van der Waals surface area contributed by atoms with Crippen molar-refractivity contribution in [2.24, 2.45) is 0 Å². The third-order valence-electron chi connectivity index (χ3n) is 4.10. The van der Waals surface area contributed by atoms with Crippen molar-refractivity contribution in [3.63, 3.8) is 0 Å². The van der Waals surface area contributed by atoms with Gasteiger partial charge in [-0.3, -0.25) is 0 Å². The molecule has 1 fully saturated rings. The van der Waals surface area contributed by atoms with Gasteiger partial charge in [0.1, 0.15) is 36.3 Å². The van der Waals surface area contributed by atoms with Crippen LogP contribution in [-0.2, 0) is 9.47 Å². The maximum Gasteiger partial charge on any atom is 0.187 e. The Labute approximate surface area is 139 Å². The molecule has 1 aliphatic heterocycles. The molecule has 0 saturated carbocycles. The Bertz CT molecular complexity index is 505. The fraction of sp³-hybridized carbons (Fsp3) is 0.625. The molecule has 1 heterocycles. The molecule has 0 spiro atoms. The van der Waals surface area contributed by atoms with E-state index in [1.54, 1.807) is 31.2 Å². The first-order valence-corrected chi connectivity index (χ1v) is 7.67. The third-order valence-corrected chi connectivity index (χ3v) is 4.10. The highest BCUT2D eigenvalue weighted by Gasteiger charge is 2.44. The topological polar surface area (TPSA) is 129 Å². The summed E-state index contributed by atoms with van der Waals surface area (Å²) < 4.78 is 15.8. The molecule has 2 rings (SSSR count). The monoisotopic (exact) mass is 344 g/mol. The second-order valence-electron chi connectivity index (χ2n) is 5.76. The van der Waals surface area contributed by atoms with E-state index < -0.39 is 49.5 Å². The van der Waals surface area contributed by atoms with Gasteiger partial charge >= 0.3 is 0 Å². The van der Waals surface area contributed by atoms with Crippen molar-refractivity contribution in [2.45, 2.75) is 49.8 Å². The highest BCUT2D eigenvalue weighted by atomic mass is 16.7. The van der Waals surface area contributed by atoms with Crippen LogP contribution in [0.3, 0.4) is 0 Å². The molecule has 8 nitrogen and oxygen atoms in total. The Morgan fingerprint density at radius 1 is 1.08 bits per heavy atom. The Kier molecular flexibility index (Phi) is 6.53. The first kappa shape index (κ1) is 19.1. The normalized spacial score (nSPS) is 33.0. The van der Waals surface area contributed by atoms with Crippen LogP contribution in [0.5, 0.6) is 5.75 Å². The molecule has 0 bridgehead atoms. The molecular weight excluding hydrogens is 320 g/mol. The van der Waals surface area contributed by atoms with Crippen molar-refractivity contribution < 1.29 is 39.7 Å². The lowest BCUT2D eigenvalue weighted by atomic mass is 9.99. The molecule has 0 amide bonds. The molecule has 0 radical (unpaired) electrons. The SMILES string of the molecule is COc1ccc([C@@H](O)[C@H](C)O[C@H]2O[C@@H](CO)[C@H](O)[C@@H](O)[C@@H]2O)cc1. The fourth-order valence-corrected chi connectivity index (χ4v) is 2.54. The molecule has 24 heavy (non-hydrogen) atoms. The standard InChI is InChI=1S/C16H24O8/c1-8(12(18)9-3-5-10(22-2)6-4-9)23-16-15(21)14(20)13(19)11(7-17)24-16/h3-6,8,11-21H,7H2,1-2H3/t8-,11-,12-,13-,14+,15-,16-/m0/s1. The van der Waals surface area contributed by atoms with E-state index in [9.17, 15) is 20.4 Å². The van der Waals surface area contributed by atoms with Gasteiger partial charge in [0.05, 0.1) is 19.8 Å². The number of hydrogen-bond acceptors (Lipinski definition) is 8. The van der Waals surface area contributed by atoms with Gasteiger partial charge in [-0.1, -0.05) is 12.1 Å². The number of aliphatic hydroxyl groups excluding tert-OH is 5. The van der Waals surface area contributed by atoms with Crippen LogP contribution < -0.4 is 4.74 Å². The maximum absolute atomic E-state index is 10.3. The van der Waals surface area contributed by atoms with Gasteiger partial charge in [-0.05, 0) is 24.6 Å². The Balaban J connectivity index is 2.02. The number of aliphatic hydroxyl groups is 5. The van der Waals surface area contributed by atoms with Crippen LogP contribution in [0, 0.1) is 0 Å². The molecule has 1 aromatic rings.